The summed E-state index contributed by atoms with van der Waals surface area (Å²) in [5, 5.41) is 15.1. The molecule has 1 fully saturated rings. The van der Waals surface area contributed by atoms with Crippen molar-refractivity contribution in [3.05, 3.63) is 71.8 Å². The Morgan fingerprint density at radius 3 is 2.21 bits per heavy atom. The van der Waals surface area contributed by atoms with Gasteiger partial charge < -0.3 is 15.5 Å². The first kappa shape index (κ1) is 28.8. The van der Waals surface area contributed by atoms with Gasteiger partial charge in [0, 0.05) is 32.1 Å². The Balaban J connectivity index is 1.87. The third-order valence-corrected chi connectivity index (χ3v) is 7.30. The van der Waals surface area contributed by atoms with Crippen molar-refractivity contribution in [2.24, 2.45) is 17.3 Å². The first-order valence-corrected chi connectivity index (χ1v) is 13.1. The lowest BCUT2D eigenvalue weighted by Gasteiger charge is -2.37. The molecule has 2 aromatic carbocycles. The molecule has 1 saturated heterocycles. The van der Waals surface area contributed by atoms with Gasteiger partial charge in [0.05, 0.1) is 11.3 Å². The number of amides is 4. The van der Waals surface area contributed by atoms with Crippen LogP contribution in [-0.4, -0.2) is 59.9 Å². The molecule has 0 saturated carbocycles. The quantitative estimate of drug-likeness (QED) is 0.252. The smallest absolute Gasteiger partial charge is 0.251 e. The van der Waals surface area contributed by atoms with Gasteiger partial charge >= 0.3 is 0 Å². The summed E-state index contributed by atoms with van der Waals surface area (Å²) < 4.78 is 0. The Hall–Kier alpha value is -3.72. The van der Waals surface area contributed by atoms with Crippen LogP contribution >= 0.6 is 0 Å². The van der Waals surface area contributed by atoms with Gasteiger partial charge in [-0.15, -0.1) is 0 Å². The van der Waals surface area contributed by atoms with Crippen LogP contribution in [0.5, 0.6) is 0 Å². The Morgan fingerprint density at radius 1 is 1.00 bits per heavy atom. The number of hydroxylamine groups is 1. The van der Waals surface area contributed by atoms with Gasteiger partial charge in [0.15, 0.2) is 0 Å². The van der Waals surface area contributed by atoms with Crippen LogP contribution in [0.4, 0.5) is 0 Å². The van der Waals surface area contributed by atoms with Gasteiger partial charge in [-0.05, 0) is 42.9 Å². The van der Waals surface area contributed by atoms with Crippen LogP contribution in [0, 0.1) is 17.3 Å². The number of hydrogen-bond donors (Lipinski definition) is 4. The first-order chi connectivity index (χ1) is 18.2. The van der Waals surface area contributed by atoms with E-state index in [4.69, 9.17) is 0 Å². The minimum absolute atomic E-state index is 0.0689. The molecule has 0 aromatic heterocycles. The summed E-state index contributed by atoms with van der Waals surface area (Å²) in [4.78, 5) is 54.3. The molecule has 0 aliphatic carbocycles. The van der Waals surface area contributed by atoms with E-state index in [1.165, 1.54) is 0 Å². The maximum atomic E-state index is 14.2. The maximum Gasteiger partial charge on any atom is 0.251 e. The van der Waals surface area contributed by atoms with Crippen molar-refractivity contribution in [2.75, 3.05) is 20.1 Å². The Kier molecular flexibility index (Phi) is 10.0. The Bertz CT molecular complexity index is 1110. The molecule has 204 valence electrons. The number of carbonyl (C=O) groups excluding carboxylic acids is 4. The van der Waals surface area contributed by atoms with Crippen LogP contribution in [0.2, 0.25) is 0 Å². The molecule has 0 spiro atoms. The second-order valence-corrected chi connectivity index (χ2v) is 10.3. The standard InChI is InChI=1S/C29H38N4O5/c1-20(2)19-29(23(26(35)32-38)14-16-31-25(34)22-12-8-5-9-13-22)15-17-33(28(29)37)24(27(36)30-3)18-21-10-6-4-7-11-21/h4-13,20,23-24,38H,14-19H2,1-3H3,(H,30,36)(H,31,34)(H,32,35)/t23-,24+,29-/m1/s1. The van der Waals surface area contributed by atoms with E-state index < -0.39 is 23.3 Å². The molecule has 3 rings (SSSR count). The van der Waals surface area contributed by atoms with E-state index in [-0.39, 0.29) is 36.6 Å². The predicted molar refractivity (Wildman–Crippen MR) is 143 cm³/mol. The molecule has 0 radical (unpaired) electrons. The SMILES string of the molecule is CNC(=O)[C@H](Cc1ccccc1)N1CC[C@@](CC(C)C)([C@H](CCNC(=O)c2ccccc2)C(=O)NO)C1=O. The number of hydrogen-bond acceptors (Lipinski definition) is 5. The summed E-state index contributed by atoms with van der Waals surface area (Å²) in [6.45, 7) is 4.40. The third kappa shape index (κ3) is 6.58. The number of likely N-dealkylation sites (N-methyl/N-ethyl adjacent to an activating group) is 1. The second kappa shape index (κ2) is 13.2. The zero-order valence-corrected chi connectivity index (χ0v) is 22.3. The molecule has 4 N–H and O–H groups in total. The van der Waals surface area contributed by atoms with Crippen LogP contribution < -0.4 is 16.1 Å². The van der Waals surface area contributed by atoms with Crippen molar-refractivity contribution in [2.45, 2.75) is 45.6 Å². The summed E-state index contributed by atoms with van der Waals surface area (Å²) >= 11 is 0. The fourth-order valence-corrected chi connectivity index (χ4v) is 5.60. The Labute approximate surface area is 223 Å². The molecule has 1 aliphatic rings. The minimum Gasteiger partial charge on any atom is -0.357 e. The maximum absolute atomic E-state index is 14.2. The first-order valence-electron chi connectivity index (χ1n) is 13.1. The highest BCUT2D eigenvalue weighted by molar-refractivity contribution is 5.96. The zero-order valence-electron chi connectivity index (χ0n) is 22.3. The molecule has 9 nitrogen and oxygen atoms in total. The summed E-state index contributed by atoms with van der Waals surface area (Å²) in [6, 6.07) is 17.5. The summed E-state index contributed by atoms with van der Waals surface area (Å²) in [7, 11) is 1.54. The molecule has 9 heteroatoms. The molecule has 1 heterocycles. The van der Waals surface area contributed by atoms with E-state index in [1.807, 2.05) is 50.2 Å². The average molecular weight is 523 g/mol. The lowest BCUT2D eigenvalue weighted by molar-refractivity contribution is -0.152. The number of nitrogens with one attached hydrogen (secondary N) is 3. The van der Waals surface area contributed by atoms with Crippen molar-refractivity contribution in [1.82, 2.24) is 21.0 Å². The highest BCUT2D eigenvalue weighted by Gasteiger charge is 2.56. The summed E-state index contributed by atoms with van der Waals surface area (Å²) in [6.07, 6.45) is 1.25. The largest absolute Gasteiger partial charge is 0.357 e. The van der Waals surface area contributed by atoms with Crippen molar-refractivity contribution < 1.29 is 24.4 Å². The number of benzene rings is 2. The van der Waals surface area contributed by atoms with Gasteiger partial charge in [-0.1, -0.05) is 62.4 Å². The van der Waals surface area contributed by atoms with Gasteiger partial charge in [-0.3, -0.25) is 24.4 Å². The van der Waals surface area contributed by atoms with E-state index in [1.54, 1.807) is 41.7 Å². The molecular weight excluding hydrogens is 484 g/mol. The molecule has 38 heavy (non-hydrogen) atoms. The van der Waals surface area contributed by atoms with Crippen molar-refractivity contribution in [3.63, 3.8) is 0 Å². The van der Waals surface area contributed by atoms with E-state index in [9.17, 15) is 24.4 Å². The minimum atomic E-state index is -1.12. The average Bonchev–Trinajstić information content (AvgIpc) is 3.24. The van der Waals surface area contributed by atoms with E-state index >= 15 is 0 Å². The molecule has 4 amide bonds. The van der Waals surface area contributed by atoms with E-state index in [0.29, 0.717) is 31.4 Å². The number of nitrogens with zero attached hydrogens (tertiary/aromatic N) is 1. The van der Waals surface area contributed by atoms with Gasteiger partial charge in [0.1, 0.15) is 6.04 Å². The third-order valence-electron chi connectivity index (χ3n) is 7.30. The number of likely N-dealkylation sites (tertiary alicyclic amines) is 1. The number of rotatable bonds is 12. The van der Waals surface area contributed by atoms with E-state index in [0.717, 1.165) is 5.56 Å². The number of carbonyl (C=O) groups is 4. The van der Waals surface area contributed by atoms with Gasteiger partial charge in [0.2, 0.25) is 17.7 Å². The topological polar surface area (TPSA) is 128 Å². The fraction of sp³-hybridized carbons (Fsp3) is 0.448. The van der Waals surface area contributed by atoms with Crippen LogP contribution in [0.1, 0.15) is 49.0 Å². The van der Waals surface area contributed by atoms with Crippen LogP contribution in [0.25, 0.3) is 0 Å². The molecule has 0 unspecified atom stereocenters. The van der Waals surface area contributed by atoms with Crippen LogP contribution in [0.3, 0.4) is 0 Å². The fourth-order valence-electron chi connectivity index (χ4n) is 5.60. The van der Waals surface area contributed by atoms with Gasteiger partial charge in [0.25, 0.3) is 5.91 Å². The summed E-state index contributed by atoms with van der Waals surface area (Å²) in [5.41, 5.74) is 2.03. The highest BCUT2D eigenvalue weighted by atomic mass is 16.5. The lowest BCUT2D eigenvalue weighted by Crippen LogP contribution is -2.53. The molecule has 3 atom stereocenters. The van der Waals surface area contributed by atoms with Crippen molar-refractivity contribution in [1.29, 1.82) is 0 Å². The monoisotopic (exact) mass is 522 g/mol. The molecule has 1 aliphatic heterocycles. The molecule has 0 bridgehead atoms. The van der Waals surface area contributed by atoms with Crippen molar-refractivity contribution >= 4 is 23.6 Å². The molecule has 2 aromatic rings. The Morgan fingerprint density at radius 2 is 1.63 bits per heavy atom. The van der Waals surface area contributed by atoms with Crippen LogP contribution in [-0.2, 0) is 20.8 Å². The van der Waals surface area contributed by atoms with Gasteiger partial charge in [-0.25, -0.2) is 5.48 Å². The van der Waals surface area contributed by atoms with Gasteiger partial charge in [-0.2, -0.15) is 0 Å². The molecular formula is C29H38N4O5. The lowest BCUT2D eigenvalue weighted by atomic mass is 9.67. The predicted octanol–water partition coefficient (Wildman–Crippen LogP) is 2.55. The van der Waals surface area contributed by atoms with Crippen LogP contribution in [0.15, 0.2) is 60.7 Å². The zero-order chi connectivity index (χ0) is 27.7. The second-order valence-electron chi connectivity index (χ2n) is 10.3. The highest BCUT2D eigenvalue weighted by Crippen LogP contribution is 2.46. The normalized spacial score (nSPS) is 18.7. The van der Waals surface area contributed by atoms with Crippen molar-refractivity contribution in [3.8, 4) is 0 Å². The summed E-state index contributed by atoms with van der Waals surface area (Å²) in [5.74, 6) is -2.34. The van der Waals surface area contributed by atoms with E-state index in [2.05, 4.69) is 10.6 Å².